The first kappa shape index (κ1) is 21.8. The molecule has 0 saturated heterocycles. The van der Waals surface area contributed by atoms with Crippen LogP contribution in [0.1, 0.15) is 16.8 Å². The molecule has 2 N–H and O–H groups in total. The molecule has 0 spiro atoms. The number of aryl methyl sites for hydroxylation is 1. The van der Waals surface area contributed by atoms with E-state index in [9.17, 15) is 0 Å². The number of hydrogen-bond acceptors (Lipinski definition) is 4. The number of nitrogens with zero attached hydrogens (tertiary/aromatic N) is 5. The fourth-order valence-electron chi connectivity index (χ4n) is 4.74. The predicted octanol–water partition coefficient (Wildman–Crippen LogP) is 5.84. The van der Waals surface area contributed by atoms with E-state index in [2.05, 4.69) is 27.4 Å². The molecule has 35 heavy (non-hydrogen) atoms. The quantitative estimate of drug-likeness (QED) is 0.331. The van der Waals surface area contributed by atoms with Gasteiger partial charge in [0.15, 0.2) is 0 Å². The van der Waals surface area contributed by atoms with Crippen LogP contribution in [0.15, 0.2) is 91.5 Å². The van der Waals surface area contributed by atoms with Crippen LogP contribution >= 0.6 is 23.2 Å². The average molecular weight is 499 g/mol. The van der Waals surface area contributed by atoms with Crippen molar-refractivity contribution < 1.29 is 0 Å². The molecular formula is C27H20Cl2N6. The summed E-state index contributed by atoms with van der Waals surface area (Å²) in [5.74, 6) is 0. The highest BCUT2D eigenvalue weighted by Crippen LogP contribution is 2.38. The highest BCUT2D eigenvalue weighted by atomic mass is 35.5. The van der Waals surface area contributed by atoms with Crippen molar-refractivity contribution in [3.8, 4) is 11.1 Å². The third kappa shape index (κ3) is 3.49. The molecule has 6 aromatic rings. The second kappa shape index (κ2) is 8.20. The van der Waals surface area contributed by atoms with Gasteiger partial charge in [0.2, 0.25) is 0 Å². The Morgan fingerprint density at radius 3 is 2.40 bits per heavy atom. The summed E-state index contributed by atoms with van der Waals surface area (Å²) in [6.45, 7) is 0. The first-order valence-electron chi connectivity index (χ1n) is 11.0. The zero-order chi connectivity index (χ0) is 24.2. The molecule has 0 aliphatic rings. The molecule has 1 unspecified atom stereocenters. The Balaban J connectivity index is 1.68. The van der Waals surface area contributed by atoms with E-state index in [0.717, 1.165) is 44.4 Å². The Hall–Kier alpha value is -3.71. The maximum Gasteiger partial charge on any atom is 0.109 e. The first-order chi connectivity index (χ1) is 16.9. The molecule has 0 saturated carbocycles. The Labute approximate surface area is 211 Å². The van der Waals surface area contributed by atoms with Crippen molar-refractivity contribution in [3.05, 3.63) is 118 Å². The summed E-state index contributed by atoms with van der Waals surface area (Å²) in [7, 11) is 1.94. The van der Waals surface area contributed by atoms with Crippen LogP contribution in [-0.4, -0.2) is 24.4 Å². The summed E-state index contributed by atoms with van der Waals surface area (Å²) in [6.07, 6.45) is 5.31. The van der Waals surface area contributed by atoms with Crippen LogP contribution in [0.3, 0.4) is 0 Å². The van der Waals surface area contributed by atoms with Gasteiger partial charge in [-0.25, -0.2) is 9.50 Å². The Morgan fingerprint density at radius 1 is 0.857 bits per heavy atom. The molecule has 3 heterocycles. The van der Waals surface area contributed by atoms with E-state index in [0.29, 0.717) is 10.0 Å². The lowest BCUT2D eigenvalue weighted by Crippen LogP contribution is -2.40. The van der Waals surface area contributed by atoms with Gasteiger partial charge in [-0.15, -0.1) is 5.10 Å². The third-order valence-electron chi connectivity index (χ3n) is 6.49. The van der Waals surface area contributed by atoms with E-state index >= 15 is 0 Å². The molecule has 8 heteroatoms. The molecule has 0 aliphatic heterocycles. The highest BCUT2D eigenvalue weighted by molar-refractivity contribution is 6.31. The molecule has 0 radical (unpaired) electrons. The summed E-state index contributed by atoms with van der Waals surface area (Å²) < 4.78 is 3.77. The smallest absolute Gasteiger partial charge is 0.109 e. The molecule has 0 amide bonds. The number of nitrogens with two attached hydrogens (primary N) is 1. The van der Waals surface area contributed by atoms with Crippen molar-refractivity contribution in [3.63, 3.8) is 0 Å². The summed E-state index contributed by atoms with van der Waals surface area (Å²) >= 11 is 12.6. The lowest BCUT2D eigenvalue weighted by molar-refractivity contribution is 0.596. The van der Waals surface area contributed by atoms with Crippen molar-refractivity contribution >= 4 is 39.6 Å². The molecule has 1 atom stereocenters. The average Bonchev–Trinajstić information content (AvgIpc) is 3.52. The van der Waals surface area contributed by atoms with Gasteiger partial charge in [0.05, 0.1) is 35.4 Å². The number of fused-ring (bicyclic) bond motifs is 3. The number of pyridine rings is 1. The third-order valence-corrected chi connectivity index (χ3v) is 6.98. The summed E-state index contributed by atoms with van der Waals surface area (Å²) in [5.41, 5.74) is 12.8. The molecule has 3 aromatic heterocycles. The zero-order valence-electron chi connectivity index (χ0n) is 18.7. The number of aromatic nitrogens is 5. The maximum atomic E-state index is 7.29. The molecular weight excluding hydrogens is 479 g/mol. The summed E-state index contributed by atoms with van der Waals surface area (Å²) in [6, 6.07) is 23.7. The molecule has 6 rings (SSSR count). The molecule has 0 aliphatic carbocycles. The van der Waals surface area contributed by atoms with Gasteiger partial charge in [-0.05, 0) is 64.7 Å². The normalized spacial score (nSPS) is 13.4. The SMILES string of the molecule is Cn1cncc1C(N)(c1ccc(Cl)cc1)c1ccc2c(c1)c(-c1cccc(Cl)c1)cc1cnnn12. The lowest BCUT2D eigenvalue weighted by Gasteiger charge is -2.31. The minimum absolute atomic E-state index is 0.649. The van der Waals surface area contributed by atoms with Gasteiger partial charge in [0, 0.05) is 22.5 Å². The van der Waals surface area contributed by atoms with Crippen LogP contribution in [0.25, 0.3) is 27.5 Å². The Kier molecular flexibility index (Phi) is 5.11. The summed E-state index contributed by atoms with van der Waals surface area (Å²) in [5, 5.41) is 10.7. The van der Waals surface area contributed by atoms with E-state index < -0.39 is 5.54 Å². The topological polar surface area (TPSA) is 74.0 Å². The Morgan fingerprint density at radius 2 is 1.66 bits per heavy atom. The maximum absolute atomic E-state index is 7.29. The van der Waals surface area contributed by atoms with Crippen LogP contribution < -0.4 is 5.73 Å². The van der Waals surface area contributed by atoms with Crippen LogP contribution in [-0.2, 0) is 12.6 Å². The molecule has 3 aromatic carbocycles. The van der Waals surface area contributed by atoms with Crippen molar-refractivity contribution in [2.45, 2.75) is 5.54 Å². The van der Waals surface area contributed by atoms with Crippen molar-refractivity contribution in [2.75, 3.05) is 0 Å². The van der Waals surface area contributed by atoms with Gasteiger partial charge in [-0.1, -0.05) is 58.7 Å². The number of benzene rings is 3. The van der Waals surface area contributed by atoms with E-state index in [-0.39, 0.29) is 0 Å². The molecule has 0 bridgehead atoms. The standard InChI is InChI=1S/C27H20Cl2N6/c1-34-16-31-15-26(34)27(30,18-5-8-20(28)9-6-18)19-7-10-25-24(12-19)23(13-22-14-32-33-35(22)25)17-3-2-4-21(29)11-17/h2-16H,30H2,1H3. The second-order valence-corrected chi connectivity index (χ2v) is 9.45. The minimum Gasteiger partial charge on any atom is -0.336 e. The van der Waals surface area contributed by atoms with Crippen LogP contribution in [0.2, 0.25) is 10.0 Å². The van der Waals surface area contributed by atoms with Gasteiger partial charge >= 0.3 is 0 Å². The number of hydrogen-bond donors (Lipinski definition) is 1. The van der Waals surface area contributed by atoms with Crippen molar-refractivity contribution in [1.82, 2.24) is 24.4 Å². The van der Waals surface area contributed by atoms with E-state index in [1.165, 1.54) is 0 Å². The zero-order valence-corrected chi connectivity index (χ0v) is 20.2. The fourth-order valence-corrected chi connectivity index (χ4v) is 5.06. The highest BCUT2D eigenvalue weighted by Gasteiger charge is 2.35. The molecule has 0 fully saturated rings. The van der Waals surface area contributed by atoms with Gasteiger partial charge in [0.25, 0.3) is 0 Å². The largest absolute Gasteiger partial charge is 0.336 e. The van der Waals surface area contributed by atoms with Crippen molar-refractivity contribution in [2.24, 2.45) is 12.8 Å². The molecule has 172 valence electrons. The lowest BCUT2D eigenvalue weighted by atomic mass is 9.80. The number of rotatable bonds is 4. The monoisotopic (exact) mass is 498 g/mol. The second-order valence-electron chi connectivity index (χ2n) is 8.58. The van der Waals surface area contributed by atoms with Crippen molar-refractivity contribution in [1.29, 1.82) is 0 Å². The van der Waals surface area contributed by atoms with Gasteiger partial charge in [-0.3, -0.25) is 0 Å². The van der Waals surface area contributed by atoms with Crippen LogP contribution in [0.4, 0.5) is 0 Å². The predicted molar refractivity (Wildman–Crippen MR) is 140 cm³/mol. The minimum atomic E-state index is -0.979. The fraction of sp³-hybridized carbons (Fsp3) is 0.0741. The van der Waals surface area contributed by atoms with Gasteiger partial charge in [-0.2, -0.15) is 0 Å². The Bertz CT molecular complexity index is 1700. The first-order valence-corrected chi connectivity index (χ1v) is 11.8. The summed E-state index contributed by atoms with van der Waals surface area (Å²) in [4.78, 5) is 4.35. The number of imidazole rings is 1. The van der Waals surface area contributed by atoms with Gasteiger partial charge < -0.3 is 10.3 Å². The van der Waals surface area contributed by atoms with E-state index in [1.54, 1.807) is 18.7 Å². The van der Waals surface area contributed by atoms with E-state index in [1.807, 2.05) is 76.8 Å². The molecule has 6 nitrogen and oxygen atoms in total. The van der Waals surface area contributed by atoms with E-state index in [4.69, 9.17) is 28.9 Å². The number of halogens is 2. The van der Waals surface area contributed by atoms with Crippen LogP contribution in [0.5, 0.6) is 0 Å². The van der Waals surface area contributed by atoms with Crippen LogP contribution in [0, 0.1) is 0 Å². The van der Waals surface area contributed by atoms with Gasteiger partial charge in [0.1, 0.15) is 5.54 Å².